The number of anilines is 1. The fourth-order valence-corrected chi connectivity index (χ4v) is 6.23. The number of carbonyl (C=O) groups is 2. The van der Waals surface area contributed by atoms with Gasteiger partial charge in [-0.05, 0) is 57.2 Å². The first-order valence-electron chi connectivity index (χ1n) is 11.0. The van der Waals surface area contributed by atoms with Crippen molar-refractivity contribution >= 4 is 62.0 Å². The summed E-state index contributed by atoms with van der Waals surface area (Å²) < 4.78 is 11.3. The molecule has 0 saturated heterocycles. The van der Waals surface area contributed by atoms with Crippen LogP contribution in [0.25, 0.3) is 22.1 Å². The third kappa shape index (κ3) is 4.11. The van der Waals surface area contributed by atoms with Crippen molar-refractivity contribution < 1.29 is 18.7 Å². The van der Waals surface area contributed by atoms with Gasteiger partial charge < -0.3 is 14.5 Å². The molecule has 4 aromatic rings. The molecule has 5 rings (SSSR count). The highest BCUT2D eigenvalue weighted by molar-refractivity contribution is 8.00. The van der Waals surface area contributed by atoms with Crippen LogP contribution in [0.15, 0.2) is 40.0 Å². The molecule has 7 nitrogen and oxygen atoms in total. The van der Waals surface area contributed by atoms with E-state index >= 15 is 0 Å². The molecule has 33 heavy (non-hydrogen) atoms. The third-order valence-electron chi connectivity index (χ3n) is 5.67. The summed E-state index contributed by atoms with van der Waals surface area (Å²) in [7, 11) is 0. The minimum atomic E-state index is -0.467. The van der Waals surface area contributed by atoms with Gasteiger partial charge in [0.2, 0.25) is 5.91 Å². The molecule has 0 saturated carbocycles. The van der Waals surface area contributed by atoms with E-state index in [1.54, 1.807) is 6.92 Å². The number of aromatic nitrogens is 2. The molecular weight excluding hydrogens is 458 g/mol. The normalized spacial score (nSPS) is 14.2. The average molecular weight is 482 g/mol. The maximum Gasteiger partial charge on any atom is 0.341 e. The molecule has 3 aromatic heterocycles. The Bertz CT molecular complexity index is 1360. The number of hydrogen-bond donors (Lipinski definition) is 1. The van der Waals surface area contributed by atoms with E-state index < -0.39 is 5.25 Å². The Kier molecular flexibility index (Phi) is 6.07. The first-order chi connectivity index (χ1) is 16.1. The van der Waals surface area contributed by atoms with Gasteiger partial charge in [0.15, 0.2) is 5.58 Å². The SMILES string of the molecule is CCOC(=O)c1c(NC(=O)C(C)Sc2ncnc3c2oc2ccccc23)sc2c1CCCC2. The van der Waals surface area contributed by atoms with E-state index in [4.69, 9.17) is 9.15 Å². The lowest BCUT2D eigenvalue weighted by Gasteiger charge is -2.13. The maximum atomic E-state index is 13.1. The van der Waals surface area contributed by atoms with E-state index in [1.807, 2.05) is 31.2 Å². The molecule has 1 aromatic carbocycles. The van der Waals surface area contributed by atoms with Gasteiger partial charge in [-0.15, -0.1) is 11.3 Å². The molecule has 1 unspecified atom stereocenters. The zero-order chi connectivity index (χ0) is 22.9. The first-order valence-corrected chi connectivity index (χ1v) is 12.7. The Hall–Kier alpha value is -2.91. The minimum Gasteiger partial charge on any atom is -0.462 e. The number of esters is 1. The van der Waals surface area contributed by atoms with Crippen LogP contribution < -0.4 is 5.32 Å². The monoisotopic (exact) mass is 481 g/mol. The fraction of sp³-hybridized carbons (Fsp3) is 0.333. The van der Waals surface area contributed by atoms with Gasteiger partial charge in [-0.2, -0.15) is 0 Å². The largest absolute Gasteiger partial charge is 0.462 e. The maximum absolute atomic E-state index is 13.1. The number of furan rings is 1. The van der Waals surface area contributed by atoms with Crippen molar-refractivity contribution in [1.82, 2.24) is 9.97 Å². The van der Waals surface area contributed by atoms with Crippen molar-refractivity contribution in [3.8, 4) is 0 Å². The number of aryl methyl sites for hydroxylation is 1. The standard InChI is InChI=1S/C24H23N3O4S2/c1-3-30-24(29)18-15-9-5-7-11-17(15)33-22(18)27-21(28)13(2)32-23-20-19(25-12-26-23)14-8-4-6-10-16(14)31-20/h4,6,8,10,12-13H,3,5,7,9,11H2,1-2H3,(H,27,28). The molecule has 170 valence electrons. The van der Waals surface area contributed by atoms with E-state index in [-0.39, 0.29) is 11.9 Å². The Labute approximate surface area is 198 Å². The van der Waals surface area contributed by atoms with Crippen LogP contribution in [0, 0.1) is 0 Å². The highest BCUT2D eigenvalue weighted by Gasteiger charge is 2.28. The molecule has 3 heterocycles. The van der Waals surface area contributed by atoms with Gasteiger partial charge in [0, 0.05) is 10.3 Å². The van der Waals surface area contributed by atoms with E-state index in [2.05, 4.69) is 15.3 Å². The van der Waals surface area contributed by atoms with Crippen LogP contribution >= 0.6 is 23.1 Å². The predicted molar refractivity (Wildman–Crippen MR) is 130 cm³/mol. The fourth-order valence-electron chi connectivity index (χ4n) is 4.09. The number of benzene rings is 1. The molecule has 1 aliphatic rings. The topological polar surface area (TPSA) is 94.3 Å². The number of carbonyl (C=O) groups excluding carboxylic acids is 2. The number of para-hydroxylation sites is 1. The Morgan fingerprint density at radius 1 is 1.24 bits per heavy atom. The molecule has 0 spiro atoms. The summed E-state index contributed by atoms with van der Waals surface area (Å²) >= 11 is 2.79. The Morgan fingerprint density at radius 2 is 2.06 bits per heavy atom. The smallest absolute Gasteiger partial charge is 0.341 e. The molecule has 1 atom stereocenters. The van der Waals surface area contributed by atoms with Crippen LogP contribution in [0.5, 0.6) is 0 Å². The van der Waals surface area contributed by atoms with Gasteiger partial charge in [0.1, 0.15) is 27.5 Å². The summed E-state index contributed by atoms with van der Waals surface area (Å²) in [5.74, 6) is -0.570. The quantitative estimate of drug-likeness (QED) is 0.217. The van der Waals surface area contributed by atoms with Crippen molar-refractivity contribution in [2.24, 2.45) is 0 Å². The summed E-state index contributed by atoms with van der Waals surface area (Å²) in [5.41, 5.74) is 3.58. The Morgan fingerprint density at radius 3 is 2.91 bits per heavy atom. The molecule has 1 aliphatic carbocycles. The predicted octanol–water partition coefficient (Wildman–Crippen LogP) is 5.61. The zero-order valence-corrected chi connectivity index (χ0v) is 20.0. The van der Waals surface area contributed by atoms with Gasteiger partial charge in [0.05, 0.1) is 17.4 Å². The van der Waals surface area contributed by atoms with Crippen molar-refractivity contribution in [1.29, 1.82) is 0 Å². The zero-order valence-electron chi connectivity index (χ0n) is 18.3. The van der Waals surface area contributed by atoms with Crippen LogP contribution in [0.3, 0.4) is 0 Å². The molecular formula is C24H23N3O4S2. The highest BCUT2D eigenvalue weighted by atomic mass is 32.2. The second-order valence-electron chi connectivity index (χ2n) is 7.84. The molecule has 1 N–H and O–H groups in total. The number of thiophene rings is 1. The summed E-state index contributed by atoms with van der Waals surface area (Å²) in [6.45, 7) is 3.90. The number of nitrogens with zero attached hydrogens (tertiary/aromatic N) is 2. The lowest BCUT2D eigenvalue weighted by atomic mass is 9.95. The molecule has 1 amide bonds. The van der Waals surface area contributed by atoms with Gasteiger partial charge in [-0.25, -0.2) is 14.8 Å². The summed E-state index contributed by atoms with van der Waals surface area (Å²) in [6, 6.07) is 7.68. The van der Waals surface area contributed by atoms with Crippen LogP contribution in [0.4, 0.5) is 5.00 Å². The minimum absolute atomic E-state index is 0.202. The lowest BCUT2D eigenvalue weighted by Crippen LogP contribution is -2.23. The van der Waals surface area contributed by atoms with Crippen molar-refractivity contribution in [3.05, 3.63) is 46.6 Å². The van der Waals surface area contributed by atoms with Crippen molar-refractivity contribution in [2.45, 2.75) is 49.8 Å². The number of thioether (sulfide) groups is 1. The van der Waals surface area contributed by atoms with Gasteiger partial charge in [0.25, 0.3) is 0 Å². The van der Waals surface area contributed by atoms with Gasteiger partial charge in [-0.1, -0.05) is 23.9 Å². The molecule has 0 fully saturated rings. The van der Waals surface area contributed by atoms with Crippen LogP contribution in [0.2, 0.25) is 0 Å². The number of nitrogens with one attached hydrogen (secondary N) is 1. The molecule has 9 heteroatoms. The second kappa shape index (κ2) is 9.15. The van der Waals surface area contributed by atoms with Crippen LogP contribution in [0.1, 0.15) is 47.5 Å². The average Bonchev–Trinajstić information content (AvgIpc) is 3.38. The number of rotatable bonds is 6. The van der Waals surface area contributed by atoms with Gasteiger partial charge >= 0.3 is 5.97 Å². The van der Waals surface area contributed by atoms with Crippen LogP contribution in [-0.2, 0) is 22.4 Å². The van der Waals surface area contributed by atoms with E-state index in [0.29, 0.717) is 27.8 Å². The number of amides is 1. The van der Waals surface area contributed by atoms with Crippen molar-refractivity contribution in [2.75, 3.05) is 11.9 Å². The number of ether oxygens (including phenoxy) is 1. The first kappa shape index (κ1) is 21.9. The molecule has 0 radical (unpaired) electrons. The van der Waals surface area contributed by atoms with E-state index in [1.165, 1.54) is 34.3 Å². The number of fused-ring (bicyclic) bond motifs is 4. The lowest BCUT2D eigenvalue weighted by molar-refractivity contribution is -0.115. The third-order valence-corrected chi connectivity index (χ3v) is 7.96. The molecule has 0 bridgehead atoms. The van der Waals surface area contributed by atoms with Crippen molar-refractivity contribution in [3.63, 3.8) is 0 Å². The molecule has 0 aliphatic heterocycles. The van der Waals surface area contributed by atoms with Crippen LogP contribution in [-0.4, -0.2) is 33.7 Å². The number of hydrogen-bond acceptors (Lipinski definition) is 8. The van der Waals surface area contributed by atoms with E-state index in [0.717, 1.165) is 47.7 Å². The summed E-state index contributed by atoms with van der Waals surface area (Å²) in [4.78, 5) is 35.7. The summed E-state index contributed by atoms with van der Waals surface area (Å²) in [5, 5.41) is 4.62. The highest BCUT2D eigenvalue weighted by Crippen LogP contribution is 2.39. The second-order valence-corrected chi connectivity index (χ2v) is 10.3. The summed E-state index contributed by atoms with van der Waals surface area (Å²) in [6.07, 6.45) is 5.39. The van der Waals surface area contributed by atoms with Gasteiger partial charge in [-0.3, -0.25) is 4.79 Å². The Balaban J connectivity index is 1.40. The van der Waals surface area contributed by atoms with E-state index in [9.17, 15) is 9.59 Å².